The summed E-state index contributed by atoms with van der Waals surface area (Å²) in [5, 5.41) is 0. The van der Waals surface area contributed by atoms with Gasteiger partial charge in [-0.15, -0.1) is 0 Å². The van der Waals surface area contributed by atoms with Crippen LogP contribution in [0.4, 0.5) is 11.4 Å². The Morgan fingerprint density at radius 3 is 3.11 bits per heavy atom. The summed E-state index contributed by atoms with van der Waals surface area (Å²) in [5.74, 6) is 0. The highest BCUT2D eigenvalue weighted by atomic mass is 16.5. The molecular formula is C15H23N3O. The first-order valence-corrected chi connectivity index (χ1v) is 7.23. The molecule has 2 N–H and O–H groups in total. The molecule has 1 atom stereocenters. The Labute approximate surface area is 115 Å². The van der Waals surface area contributed by atoms with E-state index >= 15 is 0 Å². The lowest BCUT2D eigenvalue weighted by Gasteiger charge is -2.34. The van der Waals surface area contributed by atoms with E-state index in [9.17, 15) is 0 Å². The van der Waals surface area contributed by atoms with Crippen LogP contribution in [0.5, 0.6) is 0 Å². The fourth-order valence-corrected chi connectivity index (χ4v) is 3.08. The maximum atomic E-state index is 5.90. The highest BCUT2D eigenvalue weighted by Crippen LogP contribution is 2.30. The van der Waals surface area contributed by atoms with Crippen LogP contribution in [0.15, 0.2) is 18.2 Å². The summed E-state index contributed by atoms with van der Waals surface area (Å²) in [5.41, 5.74) is 9.47. The van der Waals surface area contributed by atoms with Crippen LogP contribution in [0.2, 0.25) is 0 Å². The number of nitrogens with zero attached hydrogens (tertiary/aromatic N) is 2. The molecular weight excluding hydrogens is 238 g/mol. The van der Waals surface area contributed by atoms with Crippen molar-refractivity contribution >= 4 is 11.4 Å². The van der Waals surface area contributed by atoms with Crippen LogP contribution in [-0.2, 0) is 11.2 Å². The number of rotatable bonds is 3. The number of anilines is 2. The van der Waals surface area contributed by atoms with E-state index in [4.69, 9.17) is 10.5 Å². The van der Waals surface area contributed by atoms with Crippen LogP contribution in [-0.4, -0.2) is 50.3 Å². The molecule has 104 valence electrons. The van der Waals surface area contributed by atoms with Gasteiger partial charge in [-0.1, -0.05) is 13.0 Å². The zero-order chi connectivity index (χ0) is 13.2. The SMILES string of the molecule is CCN1CCOC(CN2CCc3ccc(N)cc32)C1. The van der Waals surface area contributed by atoms with Crippen molar-refractivity contribution in [3.05, 3.63) is 23.8 Å². The Bertz CT molecular complexity index is 449. The predicted octanol–water partition coefficient (Wildman–Crippen LogP) is 1.35. The number of ether oxygens (including phenoxy) is 1. The topological polar surface area (TPSA) is 41.7 Å². The average Bonchev–Trinajstić information content (AvgIpc) is 2.81. The molecule has 0 aromatic heterocycles. The maximum absolute atomic E-state index is 5.90. The van der Waals surface area contributed by atoms with Gasteiger partial charge in [-0.2, -0.15) is 0 Å². The van der Waals surface area contributed by atoms with Crippen molar-refractivity contribution in [2.75, 3.05) is 50.0 Å². The standard InChI is InChI=1S/C15H23N3O/c1-2-17-7-8-19-14(10-17)11-18-6-5-12-3-4-13(16)9-15(12)18/h3-4,9,14H,2,5-8,10-11,16H2,1H3. The minimum absolute atomic E-state index is 0.320. The first-order chi connectivity index (χ1) is 9.26. The van der Waals surface area contributed by atoms with Crippen molar-refractivity contribution in [3.63, 3.8) is 0 Å². The second-order valence-corrected chi connectivity index (χ2v) is 5.47. The quantitative estimate of drug-likeness (QED) is 0.834. The normalized spacial score (nSPS) is 23.6. The van der Waals surface area contributed by atoms with Gasteiger partial charge in [0, 0.05) is 37.6 Å². The monoisotopic (exact) mass is 261 g/mol. The summed E-state index contributed by atoms with van der Waals surface area (Å²) in [6, 6.07) is 6.26. The zero-order valence-corrected chi connectivity index (χ0v) is 11.6. The molecule has 0 bridgehead atoms. The molecule has 2 aliphatic rings. The maximum Gasteiger partial charge on any atom is 0.0877 e. The molecule has 0 amide bonds. The lowest BCUT2D eigenvalue weighted by molar-refractivity contribution is -0.0219. The van der Waals surface area contributed by atoms with Gasteiger partial charge in [0.15, 0.2) is 0 Å². The summed E-state index contributed by atoms with van der Waals surface area (Å²) < 4.78 is 5.90. The second-order valence-electron chi connectivity index (χ2n) is 5.47. The molecule has 1 saturated heterocycles. The van der Waals surface area contributed by atoms with Gasteiger partial charge in [0.2, 0.25) is 0 Å². The predicted molar refractivity (Wildman–Crippen MR) is 78.6 cm³/mol. The molecule has 0 spiro atoms. The third kappa shape index (κ3) is 2.69. The summed E-state index contributed by atoms with van der Waals surface area (Å²) in [6.45, 7) is 8.37. The van der Waals surface area contributed by atoms with E-state index in [1.807, 2.05) is 6.07 Å². The van der Waals surface area contributed by atoms with Gasteiger partial charge in [0.25, 0.3) is 0 Å². The molecule has 2 aliphatic heterocycles. The Hall–Kier alpha value is -1.26. The lowest BCUT2D eigenvalue weighted by atomic mass is 10.1. The largest absolute Gasteiger partial charge is 0.399 e. The minimum atomic E-state index is 0.320. The summed E-state index contributed by atoms with van der Waals surface area (Å²) >= 11 is 0. The van der Waals surface area contributed by atoms with Crippen molar-refractivity contribution in [2.24, 2.45) is 0 Å². The number of benzene rings is 1. The number of likely N-dealkylation sites (N-methyl/N-ethyl adjacent to an activating group) is 1. The summed E-state index contributed by atoms with van der Waals surface area (Å²) in [7, 11) is 0. The third-order valence-corrected chi connectivity index (χ3v) is 4.20. The van der Waals surface area contributed by atoms with Crippen LogP contribution < -0.4 is 10.6 Å². The van der Waals surface area contributed by atoms with Crippen molar-refractivity contribution in [1.82, 2.24) is 4.90 Å². The van der Waals surface area contributed by atoms with Gasteiger partial charge in [-0.3, -0.25) is 4.90 Å². The van der Waals surface area contributed by atoms with Gasteiger partial charge in [0.05, 0.1) is 12.7 Å². The fraction of sp³-hybridized carbons (Fsp3) is 0.600. The van der Waals surface area contributed by atoms with Crippen molar-refractivity contribution in [3.8, 4) is 0 Å². The second kappa shape index (κ2) is 5.39. The van der Waals surface area contributed by atoms with Gasteiger partial charge in [-0.05, 0) is 30.7 Å². The molecule has 19 heavy (non-hydrogen) atoms. The number of hydrogen-bond donors (Lipinski definition) is 1. The zero-order valence-electron chi connectivity index (χ0n) is 11.6. The molecule has 0 radical (unpaired) electrons. The molecule has 0 aliphatic carbocycles. The van der Waals surface area contributed by atoms with Crippen LogP contribution in [0.3, 0.4) is 0 Å². The van der Waals surface area contributed by atoms with Crippen LogP contribution >= 0.6 is 0 Å². The van der Waals surface area contributed by atoms with Crippen molar-refractivity contribution in [1.29, 1.82) is 0 Å². The number of nitrogens with two attached hydrogens (primary N) is 1. The minimum Gasteiger partial charge on any atom is -0.399 e. The smallest absolute Gasteiger partial charge is 0.0877 e. The molecule has 1 unspecified atom stereocenters. The number of morpholine rings is 1. The van der Waals surface area contributed by atoms with E-state index in [1.165, 1.54) is 11.3 Å². The molecule has 4 heteroatoms. The van der Waals surface area contributed by atoms with Gasteiger partial charge in [-0.25, -0.2) is 0 Å². The van der Waals surface area contributed by atoms with E-state index < -0.39 is 0 Å². The Kier molecular flexibility index (Phi) is 3.62. The summed E-state index contributed by atoms with van der Waals surface area (Å²) in [4.78, 5) is 4.89. The van der Waals surface area contributed by atoms with Gasteiger partial charge < -0.3 is 15.4 Å². The van der Waals surface area contributed by atoms with E-state index in [1.54, 1.807) is 0 Å². The Morgan fingerprint density at radius 1 is 1.37 bits per heavy atom. The van der Waals surface area contributed by atoms with Gasteiger partial charge in [0.1, 0.15) is 0 Å². The number of fused-ring (bicyclic) bond motifs is 1. The average molecular weight is 261 g/mol. The van der Waals surface area contributed by atoms with E-state index in [0.717, 1.165) is 51.4 Å². The number of nitrogen functional groups attached to an aromatic ring is 1. The highest BCUT2D eigenvalue weighted by molar-refractivity contribution is 5.64. The Balaban J connectivity index is 1.67. The molecule has 3 rings (SSSR count). The molecule has 4 nitrogen and oxygen atoms in total. The van der Waals surface area contributed by atoms with E-state index in [-0.39, 0.29) is 0 Å². The first kappa shape index (κ1) is 12.8. The van der Waals surface area contributed by atoms with Crippen LogP contribution in [0, 0.1) is 0 Å². The van der Waals surface area contributed by atoms with Gasteiger partial charge >= 0.3 is 0 Å². The highest BCUT2D eigenvalue weighted by Gasteiger charge is 2.25. The fourth-order valence-electron chi connectivity index (χ4n) is 3.08. The molecule has 1 aromatic carbocycles. The number of hydrogen-bond acceptors (Lipinski definition) is 4. The molecule has 1 aromatic rings. The molecule has 2 heterocycles. The van der Waals surface area contributed by atoms with E-state index in [0.29, 0.717) is 6.10 Å². The van der Waals surface area contributed by atoms with Crippen molar-refractivity contribution in [2.45, 2.75) is 19.4 Å². The molecule has 0 saturated carbocycles. The van der Waals surface area contributed by atoms with Crippen LogP contribution in [0.1, 0.15) is 12.5 Å². The third-order valence-electron chi connectivity index (χ3n) is 4.20. The van der Waals surface area contributed by atoms with E-state index in [2.05, 4.69) is 28.9 Å². The first-order valence-electron chi connectivity index (χ1n) is 7.23. The molecule has 1 fully saturated rings. The Morgan fingerprint density at radius 2 is 2.26 bits per heavy atom. The summed E-state index contributed by atoms with van der Waals surface area (Å²) in [6.07, 6.45) is 1.45. The van der Waals surface area contributed by atoms with Crippen molar-refractivity contribution < 1.29 is 4.74 Å². The lowest BCUT2D eigenvalue weighted by Crippen LogP contribution is -2.47. The van der Waals surface area contributed by atoms with Crippen LogP contribution in [0.25, 0.3) is 0 Å².